The molecular formula is C30H40ClNO5. The molecule has 1 aromatic rings. The fourth-order valence-corrected chi connectivity index (χ4v) is 6.48. The maximum Gasteiger partial charge on any atom is 0.179 e. The highest BCUT2D eigenvalue weighted by Gasteiger charge is 2.49. The van der Waals surface area contributed by atoms with E-state index in [1.165, 1.54) is 0 Å². The van der Waals surface area contributed by atoms with Crippen molar-refractivity contribution in [3.05, 3.63) is 45.3 Å². The second-order valence-corrected chi connectivity index (χ2v) is 12.4. The van der Waals surface area contributed by atoms with E-state index in [0.717, 1.165) is 47.4 Å². The number of halogens is 1. The largest absolute Gasteiger partial charge is 0.493 e. The van der Waals surface area contributed by atoms with Gasteiger partial charge in [0.05, 0.1) is 18.7 Å². The number of Topliss-reactive ketones (excluding diaryl/α,β-unsaturated/α-hetero) is 2. The highest BCUT2D eigenvalue weighted by atomic mass is 35.5. The summed E-state index contributed by atoms with van der Waals surface area (Å²) >= 11 is 6.71. The zero-order valence-electron chi connectivity index (χ0n) is 23.3. The van der Waals surface area contributed by atoms with E-state index in [1.54, 1.807) is 14.2 Å². The molecule has 4 rings (SSSR count). The lowest BCUT2D eigenvalue weighted by molar-refractivity contribution is -0.119. The monoisotopic (exact) mass is 529 g/mol. The van der Waals surface area contributed by atoms with Crippen LogP contribution in [0.15, 0.2) is 34.7 Å². The number of methoxy groups -OCH3 is 2. The number of nitrogens with zero attached hydrogens (tertiary/aromatic N) is 1. The van der Waals surface area contributed by atoms with E-state index < -0.39 is 5.92 Å². The van der Waals surface area contributed by atoms with E-state index >= 15 is 0 Å². The van der Waals surface area contributed by atoms with Crippen LogP contribution in [0.2, 0.25) is 5.02 Å². The van der Waals surface area contributed by atoms with Crippen molar-refractivity contribution in [3.8, 4) is 11.5 Å². The van der Waals surface area contributed by atoms with Crippen molar-refractivity contribution in [2.24, 2.45) is 10.8 Å². The number of rotatable bonds is 8. The van der Waals surface area contributed by atoms with Crippen LogP contribution in [0.5, 0.6) is 11.5 Å². The summed E-state index contributed by atoms with van der Waals surface area (Å²) in [4.78, 5) is 30.1. The predicted octanol–water partition coefficient (Wildman–Crippen LogP) is 6.47. The minimum Gasteiger partial charge on any atom is -0.493 e. The van der Waals surface area contributed by atoms with Gasteiger partial charge in [-0.25, -0.2) is 0 Å². The van der Waals surface area contributed by atoms with E-state index in [1.807, 2.05) is 19.1 Å². The summed E-state index contributed by atoms with van der Waals surface area (Å²) in [6.07, 6.45) is 3.23. The van der Waals surface area contributed by atoms with Crippen LogP contribution in [-0.2, 0) is 14.3 Å². The van der Waals surface area contributed by atoms with Crippen LogP contribution in [0.3, 0.4) is 0 Å². The normalized spacial score (nSPS) is 21.2. The predicted molar refractivity (Wildman–Crippen MR) is 145 cm³/mol. The molecule has 6 nitrogen and oxygen atoms in total. The second kappa shape index (κ2) is 10.5. The summed E-state index contributed by atoms with van der Waals surface area (Å²) in [6, 6.07) is 3.73. The lowest BCUT2D eigenvalue weighted by atomic mass is 9.63. The van der Waals surface area contributed by atoms with E-state index in [-0.39, 0.29) is 22.4 Å². The molecule has 1 heterocycles. The maximum atomic E-state index is 13.9. The van der Waals surface area contributed by atoms with Crippen LogP contribution in [0.1, 0.15) is 78.2 Å². The van der Waals surface area contributed by atoms with Crippen molar-refractivity contribution in [1.82, 2.24) is 4.90 Å². The van der Waals surface area contributed by atoms with Gasteiger partial charge in [0.25, 0.3) is 0 Å². The summed E-state index contributed by atoms with van der Waals surface area (Å²) in [6.45, 7) is 12.2. The number of ether oxygens (including phenoxy) is 3. The number of allylic oxidation sites excluding steroid dienone is 4. The van der Waals surface area contributed by atoms with E-state index in [9.17, 15) is 9.59 Å². The number of ketones is 2. The van der Waals surface area contributed by atoms with Crippen LogP contribution < -0.4 is 9.47 Å². The first-order chi connectivity index (χ1) is 17.4. The van der Waals surface area contributed by atoms with Crippen molar-refractivity contribution in [2.75, 3.05) is 34.0 Å². The van der Waals surface area contributed by atoms with Crippen molar-refractivity contribution in [1.29, 1.82) is 0 Å². The second-order valence-electron chi connectivity index (χ2n) is 12.0. The molecule has 3 aliphatic rings. The van der Waals surface area contributed by atoms with Gasteiger partial charge in [0.1, 0.15) is 0 Å². The Hall–Kier alpha value is -2.31. The third kappa shape index (κ3) is 5.33. The molecule has 0 fully saturated rings. The van der Waals surface area contributed by atoms with Crippen LogP contribution in [0.4, 0.5) is 0 Å². The molecule has 202 valence electrons. The number of benzene rings is 1. The molecule has 0 bridgehead atoms. The lowest BCUT2D eigenvalue weighted by Gasteiger charge is -2.49. The third-order valence-electron chi connectivity index (χ3n) is 7.63. The van der Waals surface area contributed by atoms with Gasteiger partial charge in [-0.3, -0.25) is 9.59 Å². The number of hydrogen-bond donors (Lipinski definition) is 0. The van der Waals surface area contributed by atoms with Gasteiger partial charge < -0.3 is 19.1 Å². The molecule has 7 heteroatoms. The smallest absolute Gasteiger partial charge is 0.179 e. The van der Waals surface area contributed by atoms with Crippen LogP contribution >= 0.6 is 11.6 Å². The van der Waals surface area contributed by atoms with Crippen molar-refractivity contribution in [2.45, 2.75) is 72.6 Å². The lowest BCUT2D eigenvalue weighted by Crippen LogP contribution is -2.44. The molecule has 0 saturated carbocycles. The Morgan fingerprint density at radius 1 is 0.946 bits per heavy atom. The fourth-order valence-electron chi connectivity index (χ4n) is 6.21. The topological polar surface area (TPSA) is 65.1 Å². The van der Waals surface area contributed by atoms with Crippen molar-refractivity contribution in [3.63, 3.8) is 0 Å². The van der Waals surface area contributed by atoms with E-state index in [4.69, 9.17) is 25.8 Å². The number of carbonyl (C=O) groups excluding carboxylic acids is 2. The SMILES string of the molecule is CCOc1c(Cl)cc(C2C3=C(CC(C)(C)CC3=O)N(CCCOC)C3=C2C(=O)CC(C)(C)C3)cc1OC. The molecule has 0 spiro atoms. The number of carbonyl (C=O) groups is 2. The van der Waals surface area contributed by atoms with Crippen LogP contribution in [0, 0.1) is 10.8 Å². The molecule has 1 aromatic carbocycles. The quantitative estimate of drug-likeness (QED) is 0.360. The van der Waals surface area contributed by atoms with Gasteiger partial charge in [-0.15, -0.1) is 0 Å². The molecule has 0 unspecified atom stereocenters. The van der Waals surface area contributed by atoms with E-state index in [0.29, 0.717) is 49.1 Å². The molecule has 0 saturated heterocycles. The van der Waals surface area contributed by atoms with Gasteiger partial charge in [0.2, 0.25) is 0 Å². The average molecular weight is 530 g/mol. The molecule has 0 aromatic heterocycles. The Morgan fingerprint density at radius 2 is 1.51 bits per heavy atom. The third-order valence-corrected chi connectivity index (χ3v) is 7.91. The highest BCUT2D eigenvalue weighted by molar-refractivity contribution is 6.32. The zero-order chi connectivity index (χ0) is 27.1. The minimum atomic E-state index is -0.474. The van der Waals surface area contributed by atoms with Gasteiger partial charge >= 0.3 is 0 Å². The molecule has 0 radical (unpaired) electrons. The molecule has 37 heavy (non-hydrogen) atoms. The molecule has 0 N–H and O–H groups in total. The van der Waals surface area contributed by atoms with Gasteiger partial charge in [-0.1, -0.05) is 39.3 Å². The van der Waals surface area contributed by atoms with Gasteiger partial charge in [0.15, 0.2) is 23.1 Å². The maximum absolute atomic E-state index is 13.9. The van der Waals surface area contributed by atoms with Crippen LogP contribution in [-0.4, -0.2) is 50.4 Å². The Balaban J connectivity index is 1.98. The highest BCUT2D eigenvalue weighted by Crippen LogP contribution is 2.55. The van der Waals surface area contributed by atoms with Crippen molar-refractivity contribution >= 4 is 23.2 Å². The Kier molecular flexibility index (Phi) is 7.83. The molecule has 2 aliphatic carbocycles. The number of hydrogen-bond acceptors (Lipinski definition) is 6. The molecule has 0 atom stereocenters. The fraction of sp³-hybridized carbons (Fsp3) is 0.600. The summed E-state index contributed by atoms with van der Waals surface area (Å²) in [5.41, 5.74) is 3.99. The molecule has 1 aliphatic heterocycles. The zero-order valence-corrected chi connectivity index (χ0v) is 24.0. The summed E-state index contributed by atoms with van der Waals surface area (Å²) in [5, 5.41) is 0.412. The Morgan fingerprint density at radius 3 is 2.00 bits per heavy atom. The van der Waals surface area contributed by atoms with Gasteiger partial charge in [0, 0.05) is 61.6 Å². The first-order valence-corrected chi connectivity index (χ1v) is 13.6. The van der Waals surface area contributed by atoms with Crippen LogP contribution in [0.25, 0.3) is 0 Å². The summed E-state index contributed by atoms with van der Waals surface area (Å²) in [7, 11) is 3.28. The van der Waals surface area contributed by atoms with Crippen molar-refractivity contribution < 1.29 is 23.8 Å². The molecule has 0 amide bonds. The van der Waals surface area contributed by atoms with E-state index in [2.05, 4.69) is 32.6 Å². The summed E-state index contributed by atoms with van der Waals surface area (Å²) < 4.78 is 16.8. The summed E-state index contributed by atoms with van der Waals surface area (Å²) in [5.74, 6) is 0.701. The first-order valence-electron chi connectivity index (χ1n) is 13.2. The molecular weight excluding hydrogens is 490 g/mol. The van der Waals surface area contributed by atoms with Gasteiger partial charge in [-0.05, 0) is 54.7 Å². The minimum absolute atomic E-state index is 0.0983. The van der Waals surface area contributed by atoms with Gasteiger partial charge in [-0.2, -0.15) is 0 Å². The standard InChI is InChI=1S/C30H40ClNO5/c1-8-37-28-19(31)12-18(13-24(28)36-7)25-26-20(14-29(2,3)16-22(26)33)32(10-9-11-35-6)21-15-30(4,5)17-23(34)27(21)25/h12-13,25H,8-11,14-17H2,1-7H3. The Bertz CT molecular complexity index is 1110. The average Bonchev–Trinajstić information content (AvgIpc) is 2.79. The first kappa shape index (κ1) is 27.7. The Labute approximate surface area is 226 Å².